The third-order valence-electron chi connectivity index (χ3n) is 5.64. The fraction of sp³-hybridized carbons (Fsp3) is 0.409. The Hall–Kier alpha value is -2.04. The minimum Gasteiger partial charge on any atom is -0.489 e. The predicted molar refractivity (Wildman–Crippen MR) is 109 cm³/mol. The van der Waals surface area contributed by atoms with Crippen molar-refractivity contribution in [2.45, 2.75) is 19.4 Å². The minimum atomic E-state index is 0. The molecule has 0 bridgehead atoms. The molecule has 0 radical (unpaired) electrons. The molecule has 27 heavy (non-hydrogen) atoms. The van der Waals surface area contributed by atoms with Crippen molar-refractivity contribution in [2.75, 3.05) is 26.2 Å². The first kappa shape index (κ1) is 19.7. The van der Waals surface area contributed by atoms with Gasteiger partial charge in [-0.3, -0.25) is 4.79 Å². The Morgan fingerprint density at radius 2 is 1.70 bits per heavy atom. The highest BCUT2D eigenvalue weighted by molar-refractivity contribution is 5.94. The maximum Gasteiger partial charge on any atom is 0.253 e. The zero-order valence-electron chi connectivity index (χ0n) is 15.5. The maximum absolute atomic E-state index is 13.0. The first-order chi connectivity index (χ1) is 12.8. The fourth-order valence-electron chi connectivity index (χ4n) is 4.06. The number of halogens is 1. The van der Waals surface area contributed by atoms with Gasteiger partial charge in [-0.25, -0.2) is 0 Å². The Balaban J connectivity index is 0.00000210. The molecule has 0 saturated carbocycles. The Labute approximate surface area is 167 Å². The summed E-state index contributed by atoms with van der Waals surface area (Å²) in [4.78, 5) is 15.0. The van der Waals surface area contributed by atoms with Gasteiger partial charge in [0.1, 0.15) is 12.4 Å². The summed E-state index contributed by atoms with van der Waals surface area (Å²) in [6.07, 6.45) is 2.21. The summed E-state index contributed by atoms with van der Waals surface area (Å²) < 4.78 is 5.88. The van der Waals surface area contributed by atoms with Gasteiger partial charge in [-0.1, -0.05) is 36.4 Å². The van der Waals surface area contributed by atoms with Crippen LogP contribution in [-0.4, -0.2) is 37.0 Å². The third kappa shape index (κ3) is 4.82. The SMILES string of the molecule is Cl.O=C(c1cccc(OCc2ccccc2)c1)N1CC[C@@H]2CNC[C@@H]2CC1. The van der Waals surface area contributed by atoms with Crippen molar-refractivity contribution in [1.82, 2.24) is 10.2 Å². The van der Waals surface area contributed by atoms with Gasteiger partial charge < -0.3 is 15.0 Å². The van der Waals surface area contributed by atoms with Crippen molar-refractivity contribution in [3.63, 3.8) is 0 Å². The molecule has 2 atom stereocenters. The van der Waals surface area contributed by atoms with Crippen LogP contribution in [0.1, 0.15) is 28.8 Å². The Morgan fingerprint density at radius 1 is 1.00 bits per heavy atom. The highest BCUT2D eigenvalue weighted by Crippen LogP contribution is 2.28. The number of benzene rings is 2. The van der Waals surface area contributed by atoms with Crippen LogP contribution in [0.25, 0.3) is 0 Å². The van der Waals surface area contributed by atoms with Crippen molar-refractivity contribution in [3.8, 4) is 5.75 Å². The number of rotatable bonds is 4. The quantitative estimate of drug-likeness (QED) is 0.869. The second kappa shape index (κ2) is 9.25. The molecule has 0 spiro atoms. The van der Waals surface area contributed by atoms with E-state index in [0.29, 0.717) is 6.61 Å². The lowest BCUT2D eigenvalue weighted by molar-refractivity contribution is 0.0758. The van der Waals surface area contributed by atoms with E-state index < -0.39 is 0 Å². The van der Waals surface area contributed by atoms with Crippen LogP contribution in [0.5, 0.6) is 5.75 Å². The molecule has 2 aliphatic rings. The summed E-state index contributed by atoms with van der Waals surface area (Å²) in [5, 5.41) is 3.48. The fourth-order valence-corrected chi connectivity index (χ4v) is 4.06. The Bertz CT molecular complexity index is 739. The summed E-state index contributed by atoms with van der Waals surface area (Å²) in [5.74, 6) is 2.33. The van der Waals surface area contributed by atoms with Crippen LogP contribution in [0, 0.1) is 11.8 Å². The molecule has 144 valence electrons. The summed E-state index contributed by atoms with van der Waals surface area (Å²) in [5.41, 5.74) is 1.85. The van der Waals surface area contributed by atoms with Crippen LogP contribution in [0.4, 0.5) is 0 Å². The normalized spacial score (nSPS) is 21.7. The molecular weight excluding hydrogens is 360 g/mol. The smallest absolute Gasteiger partial charge is 0.253 e. The molecule has 2 saturated heterocycles. The molecule has 1 N–H and O–H groups in total. The van der Waals surface area contributed by atoms with Crippen molar-refractivity contribution in [2.24, 2.45) is 11.8 Å². The summed E-state index contributed by atoms with van der Waals surface area (Å²) >= 11 is 0. The second-order valence-electron chi connectivity index (χ2n) is 7.35. The van der Waals surface area contributed by atoms with Gasteiger partial charge in [-0.05, 0) is 61.5 Å². The number of likely N-dealkylation sites (tertiary alicyclic amines) is 1. The number of nitrogens with one attached hydrogen (secondary N) is 1. The van der Waals surface area contributed by atoms with Gasteiger partial charge in [0.05, 0.1) is 0 Å². The number of hydrogen-bond donors (Lipinski definition) is 1. The molecule has 0 unspecified atom stereocenters. The van der Waals surface area contributed by atoms with Gasteiger partial charge in [0.15, 0.2) is 0 Å². The molecule has 4 nitrogen and oxygen atoms in total. The van der Waals surface area contributed by atoms with Crippen molar-refractivity contribution < 1.29 is 9.53 Å². The lowest BCUT2D eigenvalue weighted by atomic mass is 9.92. The molecule has 0 aromatic heterocycles. The van der Waals surface area contributed by atoms with Crippen molar-refractivity contribution in [3.05, 3.63) is 65.7 Å². The van der Waals surface area contributed by atoms with Gasteiger partial charge in [0.25, 0.3) is 5.91 Å². The molecule has 2 aromatic rings. The zero-order chi connectivity index (χ0) is 17.8. The summed E-state index contributed by atoms with van der Waals surface area (Å²) in [6.45, 7) is 4.44. The standard InChI is InChI=1S/C22H26N2O2.ClH/c25-22(24-11-9-19-14-23-15-20(19)10-12-24)18-7-4-8-21(13-18)26-16-17-5-2-1-3-6-17;/h1-8,13,19-20,23H,9-12,14-16H2;1H/t19-,20+;. The number of ether oxygens (including phenoxy) is 1. The Kier molecular flexibility index (Phi) is 6.75. The monoisotopic (exact) mass is 386 g/mol. The first-order valence-electron chi connectivity index (χ1n) is 9.56. The number of nitrogens with zero attached hydrogens (tertiary/aromatic N) is 1. The largest absolute Gasteiger partial charge is 0.489 e. The average molecular weight is 387 g/mol. The van der Waals surface area contributed by atoms with E-state index in [2.05, 4.69) is 5.32 Å². The molecule has 5 heteroatoms. The number of carbonyl (C=O) groups excluding carboxylic acids is 1. The molecule has 2 heterocycles. The zero-order valence-corrected chi connectivity index (χ0v) is 16.3. The highest BCUT2D eigenvalue weighted by Gasteiger charge is 2.31. The van der Waals surface area contributed by atoms with Crippen molar-refractivity contribution >= 4 is 18.3 Å². The van der Waals surface area contributed by atoms with Crippen LogP contribution in [0.3, 0.4) is 0 Å². The summed E-state index contributed by atoms with van der Waals surface area (Å²) in [6, 6.07) is 17.7. The molecule has 1 amide bonds. The van der Waals surface area contributed by atoms with Gasteiger partial charge in [0.2, 0.25) is 0 Å². The van der Waals surface area contributed by atoms with E-state index in [9.17, 15) is 4.79 Å². The number of amides is 1. The maximum atomic E-state index is 13.0. The van der Waals surface area contributed by atoms with E-state index in [1.54, 1.807) is 0 Å². The number of carbonyl (C=O) groups is 1. The third-order valence-corrected chi connectivity index (χ3v) is 5.64. The van der Waals surface area contributed by atoms with Crippen molar-refractivity contribution in [1.29, 1.82) is 0 Å². The van der Waals surface area contributed by atoms with Gasteiger partial charge in [0, 0.05) is 18.7 Å². The van der Waals surface area contributed by atoms with Crippen LogP contribution in [-0.2, 0) is 6.61 Å². The molecule has 2 fully saturated rings. The molecule has 0 aliphatic carbocycles. The van der Waals surface area contributed by atoms with Crippen LogP contribution in [0.2, 0.25) is 0 Å². The minimum absolute atomic E-state index is 0. The predicted octanol–water partition coefficient (Wildman–Crippen LogP) is 3.76. The van der Waals surface area contributed by atoms with Gasteiger partial charge in [-0.2, -0.15) is 0 Å². The number of fused-ring (bicyclic) bond motifs is 1. The van der Waals surface area contributed by atoms with E-state index in [1.807, 2.05) is 59.5 Å². The lowest BCUT2D eigenvalue weighted by Gasteiger charge is -2.21. The molecule has 2 aliphatic heterocycles. The first-order valence-corrected chi connectivity index (χ1v) is 9.56. The van der Waals surface area contributed by atoms with Gasteiger partial charge >= 0.3 is 0 Å². The molecule has 2 aromatic carbocycles. The topological polar surface area (TPSA) is 41.6 Å². The van der Waals surface area contributed by atoms with Crippen LogP contribution in [0.15, 0.2) is 54.6 Å². The van der Waals surface area contributed by atoms with E-state index >= 15 is 0 Å². The average Bonchev–Trinajstić information content (AvgIpc) is 3.05. The number of hydrogen-bond acceptors (Lipinski definition) is 3. The lowest BCUT2D eigenvalue weighted by Crippen LogP contribution is -2.32. The summed E-state index contributed by atoms with van der Waals surface area (Å²) in [7, 11) is 0. The van der Waals surface area contributed by atoms with Crippen LogP contribution >= 0.6 is 12.4 Å². The van der Waals surface area contributed by atoms with E-state index in [1.165, 1.54) is 0 Å². The molecule has 4 rings (SSSR count). The molecular formula is C22H27ClN2O2. The van der Waals surface area contributed by atoms with E-state index in [-0.39, 0.29) is 18.3 Å². The van der Waals surface area contributed by atoms with Crippen LogP contribution < -0.4 is 10.1 Å². The van der Waals surface area contributed by atoms with E-state index in [4.69, 9.17) is 4.74 Å². The Morgan fingerprint density at radius 3 is 2.41 bits per heavy atom. The highest BCUT2D eigenvalue weighted by atomic mass is 35.5. The van der Waals surface area contributed by atoms with Gasteiger partial charge in [-0.15, -0.1) is 12.4 Å². The van der Waals surface area contributed by atoms with E-state index in [0.717, 1.165) is 67.7 Å². The second-order valence-corrected chi connectivity index (χ2v) is 7.35.